The third-order valence-corrected chi connectivity index (χ3v) is 5.05. The Hall–Kier alpha value is -2.96. The van der Waals surface area contributed by atoms with Crippen molar-refractivity contribution in [3.8, 4) is 0 Å². The topological polar surface area (TPSA) is 65.4 Å². The molecular weight excluding hydrogens is 366 g/mol. The molecule has 0 saturated carbocycles. The number of fused-ring (bicyclic) bond motifs is 1. The van der Waals surface area contributed by atoms with E-state index in [1.54, 1.807) is 13.2 Å². The largest absolute Gasteiger partial charge is 0.380 e. The molecule has 0 bridgehead atoms. The van der Waals surface area contributed by atoms with E-state index in [0.29, 0.717) is 6.61 Å². The lowest BCUT2D eigenvalue weighted by Crippen LogP contribution is -2.18. The summed E-state index contributed by atoms with van der Waals surface area (Å²) in [5.74, 6) is -0.183. The van der Waals surface area contributed by atoms with Crippen molar-refractivity contribution in [3.05, 3.63) is 65.9 Å². The first kappa shape index (κ1) is 19.4. The van der Waals surface area contributed by atoms with E-state index in [2.05, 4.69) is 10.4 Å². The van der Waals surface area contributed by atoms with Gasteiger partial charge in [0, 0.05) is 36.4 Å². The highest BCUT2D eigenvalue weighted by molar-refractivity contribution is 6.02. The Morgan fingerprint density at radius 2 is 2.21 bits per heavy atom. The number of amides is 1. The van der Waals surface area contributed by atoms with Crippen LogP contribution in [0.3, 0.4) is 0 Å². The van der Waals surface area contributed by atoms with E-state index in [1.807, 2.05) is 59.4 Å². The zero-order chi connectivity index (χ0) is 20.1. The second-order valence-electron chi connectivity index (χ2n) is 7.14. The lowest BCUT2D eigenvalue weighted by molar-refractivity contribution is -0.111. The second kappa shape index (κ2) is 9.03. The first-order valence-corrected chi connectivity index (χ1v) is 9.89. The van der Waals surface area contributed by atoms with Crippen molar-refractivity contribution in [1.29, 1.82) is 0 Å². The predicted molar refractivity (Wildman–Crippen MR) is 113 cm³/mol. The molecule has 2 aromatic carbocycles. The maximum atomic E-state index is 12.4. The number of ether oxygens (including phenoxy) is 2. The molecule has 1 aliphatic heterocycles. The Bertz CT molecular complexity index is 1020. The summed E-state index contributed by atoms with van der Waals surface area (Å²) >= 11 is 0. The molecule has 3 aromatic rings. The molecule has 0 aliphatic carbocycles. The van der Waals surface area contributed by atoms with E-state index in [-0.39, 0.29) is 12.1 Å². The van der Waals surface area contributed by atoms with Crippen LogP contribution in [0.1, 0.15) is 36.6 Å². The van der Waals surface area contributed by atoms with Gasteiger partial charge in [-0.3, -0.25) is 4.79 Å². The molecule has 29 heavy (non-hydrogen) atoms. The quantitative estimate of drug-likeness (QED) is 0.627. The van der Waals surface area contributed by atoms with Crippen LogP contribution in [0, 0.1) is 0 Å². The molecule has 6 heteroatoms. The molecule has 0 radical (unpaired) electrons. The molecule has 1 unspecified atom stereocenters. The van der Waals surface area contributed by atoms with Gasteiger partial charge in [0.25, 0.3) is 0 Å². The Morgan fingerprint density at radius 3 is 3.03 bits per heavy atom. The van der Waals surface area contributed by atoms with Gasteiger partial charge in [-0.05, 0) is 43.0 Å². The monoisotopic (exact) mass is 391 g/mol. The van der Waals surface area contributed by atoms with Crippen LogP contribution in [0.25, 0.3) is 17.0 Å². The van der Waals surface area contributed by atoms with E-state index in [9.17, 15) is 4.79 Å². The van der Waals surface area contributed by atoms with Crippen molar-refractivity contribution >= 4 is 28.6 Å². The number of rotatable bonds is 6. The molecule has 6 nitrogen and oxygen atoms in total. The number of nitrogens with one attached hydrogen (secondary N) is 1. The van der Waals surface area contributed by atoms with Crippen LogP contribution >= 0.6 is 0 Å². The van der Waals surface area contributed by atoms with Crippen LogP contribution in [0.15, 0.2) is 54.7 Å². The molecule has 0 spiro atoms. The predicted octanol–water partition coefficient (Wildman–Crippen LogP) is 4.53. The zero-order valence-electron chi connectivity index (χ0n) is 16.5. The first-order valence-electron chi connectivity index (χ1n) is 9.89. The molecule has 2 heterocycles. The fraction of sp³-hybridized carbons (Fsp3) is 0.304. The highest BCUT2D eigenvalue weighted by Gasteiger charge is 2.18. The number of aromatic nitrogens is 2. The normalized spacial score (nSPS) is 17.1. The van der Waals surface area contributed by atoms with Crippen LogP contribution in [0.4, 0.5) is 5.69 Å². The number of carbonyl (C=O) groups excluding carboxylic acids is 1. The molecule has 1 amide bonds. The molecule has 1 atom stereocenters. The van der Waals surface area contributed by atoms with Crippen LogP contribution < -0.4 is 5.32 Å². The lowest BCUT2D eigenvalue weighted by atomic mass is 10.1. The maximum absolute atomic E-state index is 12.4. The standard InChI is InChI=1S/C23H25N3O3/c1-28-16-19-6-2-3-7-20(19)25-22(27)12-10-17-9-11-18-15-24-26(21(18)14-17)23-8-4-5-13-29-23/h2-3,6-7,9-12,14-15,23H,4-5,8,13,16H2,1H3,(H,25,27)/b12-10+. The van der Waals surface area contributed by atoms with Crippen molar-refractivity contribution in [1.82, 2.24) is 9.78 Å². The van der Waals surface area contributed by atoms with Gasteiger partial charge in [0.2, 0.25) is 5.91 Å². The molecule has 1 aromatic heterocycles. The number of hydrogen-bond acceptors (Lipinski definition) is 4. The lowest BCUT2D eigenvalue weighted by Gasteiger charge is -2.23. The molecule has 4 rings (SSSR count). The summed E-state index contributed by atoms with van der Waals surface area (Å²) in [7, 11) is 1.64. The summed E-state index contributed by atoms with van der Waals surface area (Å²) < 4.78 is 13.0. The minimum Gasteiger partial charge on any atom is -0.380 e. The Balaban J connectivity index is 1.50. The van der Waals surface area contributed by atoms with E-state index in [0.717, 1.165) is 53.6 Å². The van der Waals surface area contributed by atoms with Gasteiger partial charge in [-0.15, -0.1) is 0 Å². The van der Waals surface area contributed by atoms with Gasteiger partial charge in [-0.2, -0.15) is 5.10 Å². The smallest absolute Gasteiger partial charge is 0.248 e. The third-order valence-electron chi connectivity index (χ3n) is 5.05. The molecule has 1 saturated heterocycles. The van der Waals surface area contributed by atoms with E-state index < -0.39 is 0 Å². The van der Waals surface area contributed by atoms with Crippen molar-refractivity contribution in [2.75, 3.05) is 19.0 Å². The van der Waals surface area contributed by atoms with Crippen LogP contribution in [-0.4, -0.2) is 29.4 Å². The third kappa shape index (κ3) is 4.55. The summed E-state index contributed by atoms with van der Waals surface area (Å²) in [5.41, 5.74) is 3.65. The van der Waals surface area contributed by atoms with Crippen LogP contribution in [0.2, 0.25) is 0 Å². The zero-order valence-corrected chi connectivity index (χ0v) is 16.5. The van der Waals surface area contributed by atoms with Gasteiger partial charge < -0.3 is 14.8 Å². The number of methoxy groups -OCH3 is 1. The number of nitrogens with zero attached hydrogens (tertiary/aromatic N) is 2. The number of benzene rings is 2. The summed E-state index contributed by atoms with van der Waals surface area (Å²) in [6, 6.07) is 13.7. The minimum atomic E-state index is -0.183. The van der Waals surface area contributed by atoms with Crippen molar-refractivity contribution < 1.29 is 14.3 Å². The van der Waals surface area contributed by atoms with Crippen LogP contribution in [-0.2, 0) is 20.9 Å². The Morgan fingerprint density at radius 1 is 1.31 bits per heavy atom. The fourth-order valence-electron chi connectivity index (χ4n) is 3.57. The Labute approximate surface area is 170 Å². The van der Waals surface area contributed by atoms with Gasteiger partial charge in [0.1, 0.15) is 0 Å². The molecular formula is C23H25N3O3. The molecule has 150 valence electrons. The number of hydrogen-bond donors (Lipinski definition) is 1. The van der Waals surface area contributed by atoms with Crippen LogP contribution in [0.5, 0.6) is 0 Å². The van der Waals surface area contributed by atoms with E-state index >= 15 is 0 Å². The van der Waals surface area contributed by atoms with E-state index in [4.69, 9.17) is 9.47 Å². The SMILES string of the molecule is COCc1ccccc1NC(=O)/C=C/c1ccc2cnn(C3CCCCO3)c2c1. The van der Waals surface area contributed by atoms with E-state index in [1.165, 1.54) is 0 Å². The van der Waals surface area contributed by atoms with Gasteiger partial charge in [-0.1, -0.05) is 30.3 Å². The first-order chi connectivity index (χ1) is 14.2. The van der Waals surface area contributed by atoms with Gasteiger partial charge in [-0.25, -0.2) is 4.68 Å². The highest BCUT2D eigenvalue weighted by Crippen LogP contribution is 2.27. The molecule has 1 fully saturated rings. The van der Waals surface area contributed by atoms with Crippen molar-refractivity contribution in [2.24, 2.45) is 0 Å². The highest BCUT2D eigenvalue weighted by atomic mass is 16.5. The minimum absolute atomic E-state index is 0.0129. The van der Waals surface area contributed by atoms with Crippen molar-refractivity contribution in [2.45, 2.75) is 32.1 Å². The average molecular weight is 391 g/mol. The van der Waals surface area contributed by atoms with Gasteiger partial charge in [0.15, 0.2) is 6.23 Å². The summed E-state index contributed by atoms with van der Waals surface area (Å²) in [6.07, 6.45) is 8.43. The molecule has 1 N–H and O–H groups in total. The molecule has 1 aliphatic rings. The summed E-state index contributed by atoms with van der Waals surface area (Å²) in [6.45, 7) is 1.22. The second-order valence-corrected chi connectivity index (χ2v) is 7.14. The maximum Gasteiger partial charge on any atom is 0.248 e. The number of para-hydroxylation sites is 1. The van der Waals surface area contributed by atoms with Gasteiger partial charge in [0.05, 0.1) is 18.3 Å². The summed E-state index contributed by atoms with van der Waals surface area (Å²) in [5, 5.41) is 8.50. The Kier molecular flexibility index (Phi) is 6.03. The summed E-state index contributed by atoms with van der Waals surface area (Å²) in [4.78, 5) is 12.4. The average Bonchev–Trinajstić information content (AvgIpc) is 3.18. The number of anilines is 1. The van der Waals surface area contributed by atoms with Crippen molar-refractivity contribution in [3.63, 3.8) is 0 Å². The number of carbonyl (C=O) groups is 1. The van der Waals surface area contributed by atoms with Gasteiger partial charge >= 0.3 is 0 Å². The fourth-order valence-corrected chi connectivity index (χ4v) is 3.57.